The molecule has 0 aliphatic carbocycles. The molecule has 14 heavy (non-hydrogen) atoms. The topological polar surface area (TPSA) is 51.0 Å². The van der Waals surface area contributed by atoms with E-state index >= 15 is 0 Å². The molecule has 0 fully saturated rings. The summed E-state index contributed by atoms with van der Waals surface area (Å²) < 4.78 is 3.48. The van der Waals surface area contributed by atoms with Crippen LogP contribution in [0.2, 0.25) is 0 Å². The summed E-state index contributed by atoms with van der Waals surface area (Å²) in [5, 5.41) is 0. The molecule has 1 heterocycles. The van der Waals surface area contributed by atoms with Crippen LogP contribution in [0.5, 0.6) is 0 Å². The van der Waals surface area contributed by atoms with Crippen LogP contribution < -0.4 is 0 Å². The molecule has 0 aliphatic rings. The van der Waals surface area contributed by atoms with Crippen molar-refractivity contribution >= 4 is 18.4 Å². The fourth-order valence-corrected chi connectivity index (χ4v) is 1.15. The lowest BCUT2D eigenvalue weighted by Gasteiger charge is -1.97. The van der Waals surface area contributed by atoms with Crippen LogP contribution in [0.15, 0.2) is 41.0 Å². The van der Waals surface area contributed by atoms with Crippen LogP contribution in [0.1, 0.15) is 0 Å². The molecule has 1 aromatic heterocycles. The molecule has 1 aromatic carbocycles. The number of rotatable bonds is 2. The molecule has 0 amide bonds. The summed E-state index contributed by atoms with van der Waals surface area (Å²) in [5.41, 5.74) is 0.926. The zero-order valence-electron chi connectivity index (χ0n) is 7.16. The molecule has 0 aliphatic heterocycles. The van der Waals surface area contributed by atoms with Crippen LogP contribution in [-0.4, -0.2) is 15.0 Å². The molecule has 68 valence electrons. The van der Waals surface area contributed by atoms with E-state index in [2.05, 4.69) is 31.7 Å². The summed E-state index contributed by atoms with van der Waals surface area (Å²) >= 11 is 4.50. The number of hydrogen-bond acceptors (Lipinski definition) is 5. The minimum absolute atomic E-state index is 0.272. The minimum Gasteiger partial charge on any atom is -0.216 e. The SMILES string of the molecule is S=Nc1ncnc(-c2ccccc2)n1. The first kappa shape index (κ1) is 8.83. The lowest BCUT2D eigenvalue weighted by molar-refractivity contribution is 1.05. The van der Waals surface area contributed by atoms with Gasteiger partial charge >= 0.3 is 0 Å². The Bertz CT molecular complexity index is 444. The lowest BCUT2D eigenvalue weighted by Crippen LogP contribution is -1.89. The van der Waals surface area contributed by atoms with Gasteiger partial charge in [-0.05, 0) is 0 Å². The Balaban J connectivity index is 2.47. The van der Waals surface area contributed by atoms with Gasteiger partial charge < -0.3 is 0 Å². The maximum atomic E-state index is 4.50. The van der Waals surface area contributed by atoms with E-state index < -0.39 is 0 Å². The Kier molecular flexibility index (Phi) is 2.51. The predicted molar refractivity (Wildman–Crippen MR) is 54.7 cm³/mol. The Morgan fingerprint density at radius 1 is 1.07 bits per heavy atom. The van der Waals surface area contributed by atoms with Crippen LogP contribution in [0, 0.1) is 0 Å². The second-order valence-corrected chi connectivity index (χ2v) is 2.75. The quantitative estimate of drug-likeness (QED) is 0.746. The van der Waals surface area contributed by atoms with Crippen LogP contribution in [0.25, 0.3) is 11.4 Å². The molecule has 0 bridgehead atoms. The standard InChI is InChI=1S/C9H6N4S/c14-13-9-11-6-10-8(12-9)7-4-2-1-3-5-7/h1-6H. The van der Waals surface area contributed by atoms with Gasteiger partial charge in [0.25, 0.3) is 5.95 Å². The molecule has 4 nitrogen and oxygen atoms in total. The van der Waals surface area contributed by atoms with Crippen LogP contribution in [0.4, 0.5) is 5.95 Å². The van der Waals surface area contributed by atoms with E-state index in [4.69, 9.17) is 0 Å². The van der Waals surface area contributed by atoms with E-state index in [1.54, 1.807) is 0 Å². The summed E-state index contributed by atoms with van der Waals surface area (Å²) in [4.78, 5) is 11.9. The molecule has 2 aromatic rings. The van der Waals surface area contributed by atoms with Crippen molar-refractivity contribution in [2.45, 2.75) is 0 Å². The molecule has 0 saturated heterocycles. The Hall–Kier alpha value is -1.75. The molecule has 0 unspecified atom stereocenters. The number of benzene rings is 1. The maximum absolute atomic E-state index is 4.50. The fourth-order valence-electron chi connectivity index (χ4n) is 1.06. The smallest absolute Gasteiger partial charge is 0.216 e. The zero-order chi connectivity index (χ0) is 9.80. The highest BCUT2D eigenvalue weighted by Gasteiger charge is 2.01. The predicted octanol–water partition coefficient (Wildman–Crippen LogP) is 1.90. The third-order valence-electron chi connectivity index (χ3n) is 1.67. The van der Waals surface area contributed by atoms with Gasteiger partial charge in [-0.2, -0.15) is 9.97 Å². The first-order chi connectivity index (χ1) is 6.90. The van der Waals surface area contributed by atoms with E-state index in [-0.39, 0.29) is 5.95 Å². The van der Waals surface area contributed by atoms with Gasteiger partial charge in [0.05, 0.1) is 0 Å². The van der Waals surface area contributed by atoms with Crippen molar-refractivity contribution < 1.29 is 0 Å². The lowest BCUT2D eigenvalue weighted by atomic mass is 10.2. The first-order valence-corrected chi connectivity index (χ1v) is 4.34. The van der Waals surface area contributed by atoms with E-state index in [1.165, 1.54) is 6.33 Å². The van der Waals surface area contributed by atoms with Gasteiger partial charge in [-0.25, -0.2) is 4.98 Å². The molecule has 5 heteroatoms. The molecule has 0 spiro atoms. The zero-order valence-corrected chi connectivity index (χ0v) is 7.98. The Labute approximate surface area is 86.2 Å². The molecule has 0 N–H and O–H groups in total. The van der Waals surface area contributed by atoms with Gasteiger partial charge in [-0.3, -0.25) is 0 Å². The van der Waals surface area contributed by atoms with Gasteiger partial charge in [0, 0.05) is 18.0 Å². The number of nitrogens with zero attached hydrogens (tertiary/aromatic N) is 4. The third-order valence-corrected chi connectivity index (χ3v) is 1.84. The molecule has 2 rings (SSSR count). The van der Waals surface area contributed by atoms with Crippen molar-refractivity contribution in [3.8, 4) is 11.4 Å². The van der Waals surface area contributed by atoms with Crippen molar-refractivity contribution in [3.05, 3.63) is 36.7 Å². The highest BCUT2D eigenvalue weighted by molar-refractivity contribution is 7.47. The molecular weight excluding hydrogens is 196 g/mol. The van der Waals surface area contributed by atoms with Gasteiger partial charge in [-0.15, -0.1) is 4.36 Å². The minimum atomic E-state index is 0.272. The molecular formula is C9H6N4S. The number of hydrogen-bond donors (Lipinski definition) is 0. The second kappa shape index (κ2) is 3.97. The van der Waals surface area contributed by atoms with Crippen molar-refractivity contribution in [1.82, 2.24) is 15.0 Å². The van der Waals surface area contributed by atoms with Gasteiger partial charge in [0.2, 0.25) is 0 Å². The van der Waals surface area contributed by atoms with E-state index in [0.29, 0.717) is 5.82 Å². The van der Waals surface area contributed by atoms with Crippen molar-refractivity contribution in [3.63, 3.8) is 0 Å². The summed E-state index contributed by atoms with van der Waals surface area (Å²) in [7, 11) is 0. The highest BCUT2D eigenvalue weighted by atomic mass is 32.1. The maximum Gasteiger partial charge on any atom is 0.264 e. The van der Waals surface area contributed by atoms with Gasteiger partial charge in [0.1, 0.15) is 6.33 Å². The van der Waals surface area contributed by atoms with Crippen molar-refractivity contribution in [2.24, 2.45) is 4.36 Å². The van der Waals surface area contributed by atoms with Gasteiger partial charge in [-0.1, -0.05) is 30.3 Å². The summed E-state index contributed by atoms with van der Waals surface area (Å²) in [6.45, 7) is 0. The largest absolute Gasteiger partial charge is 0.264 e. The highest BCUT2D eigenvalue weighted by Crippen LogP contribution is 2.14. The summed E-state index contributed by atoms with van der Waals surface area (Å²) in [6, 6.07) is 9.61. The Morgan fingerprint density at radius 3 is 2.57 bits per heavy atom. The third kappa shape index (κ3) is 1.77. The van der Waals surface area contributed by atoms with Crippen LogP contribution >= 0.6 is 0 Å². The van der Waals surface area contributed by atoms with Crippen molar-refractivity contribution in [1.29, 1.82) is 0 Å². The average Bonchev–Trinajstić information content (AvgIpc) is 2.30. The molecule has 0 saturated carbocycles. The van der Waals surface area contributed by atoms with Crippen LogP contribution in [0.3, 0.4) is 0 Å². The normalized spacial score (nSPS) is 9.71. The summed E-state index contributed by atoms with van der Waals surface area (Å²) in [6.07, 6.45) is 1.40. The van der Waals surface area contributed by atoms with E-state index in [1.807, 2.05) is 30.3 Å². The summed E-state index contributed by atoms with van der Waals surface area (Å²) in [5.74, 6) is 0.859. The molecule has 0 radical (unpaired) electrons. The monoisotopic (exact) mass is 202 g/mol. The van der Waals surface area contributed by atoms with Gasteiger partial charge in [0.15, 0.2) is 5.82 Å². The fraction of sp³-hybridized carbons (Fsp3) is 0. The Morgan fingerprint density at radius 2 is 1.86 bits per heavy atom. The van der Waals surface area contributed by atoms with Crippen LogP contribution in [-0.2, 0) is 12.4 Å². The second-order valence-electron chi connectivity index (χ2n) is 2.57. The first-order valence-electron chi connectivity index (χ1n) is 3.98. The number of aromatic nitrogens is 3. The van der Waals surface area contributed by atoms with Crippen molar-refractivity contribution in [2.75, 3.05) is 0 Å². The average molecular weight is 202 g/mol. The van der Waals surface area contributed by atoms with E-state index in [9.17, 15) is 0 Å². The molecule has 0 atom stereocenters. The van der Waals surface area contributed by atoms with E-state index in [0.717, 1.165) is 5.56 Å².